The molecule has 1 unspecified atom stereocenters. The van der Waals surface area contributed by atoms with Crippen molar-refractivity contribution in [2.45, 2.75) is 10.4 Å². The summed E-state index contributed by atoms with van der Waals surface area (Å²) < 4.78 is 4.99. The van der Waals surface area contributed by atoms with Gasteiger partial charge in [-0.15, -0.1) is 0 Å². The summed E-state index contributed by atoms with van der Waals surface area (Å²) in [6, 6.07) is 8.60. The fourth-order valence-corrected chi connectivity index (χ4v) is 3.75. The number of aromatic hydroxyl groups is 1. The van der Waals surface area contributed by atoms with Crippen LogP contribution in [0.3, 0.4) is 0 Å². The first-order chi connectivity index (χ1) is 11.6. The Morgan fingerprint density at radius 1 is 1.42 bits per heavy atom. The van der Waals surface area contributed by atoms with E-state index in [1.807, 2.05) is 11.0 Å². The molecule has 2 aliphatic heterocycles. The summed E-state index contributed by atoms with van der Waals surface area (Å²) in [4.78, 5) is 19.4. The molecule has 1 aromatic carbocycles. The van der Waals surface area contributed by atoms with Crippen LogP contribution in [0.5, 0.6) is 11.6 Å². The normalized spacial score (nSPS) is 17.6. The number of methoxy groups -OCH3 is 1. The third kappa shape index (κ3) is 2.50. The second-order valence-corrected chi connectivity index (χ2v) is 6.38. The molecule has 1 atom stereocenters. The van der Waals surface area contributed by atoms with E-state index >= 15 is 0 Å². The number of fused-ring (bicyclic) bond motifs is 3. The number of nitrogens with zero attached hydrogens (tertiary/aromatic N) is 2. The Morgan fingerprint density at radius 3 is 3.04 bits per heavy atom. The zero-order valence-corrected chi connectivity index (χ0v) is 13.5. The van der Waals surface area contributed by atoms with Crippen LogP contribution in [0.25, 0.3) is 0 Å². The SMILES string of the molecule is COc1ccc(NC(=O)C2=CN3c4ccc(O)cc4SC3N2)cn1. The van der Waals surface area contributed by atoms with Gasteiger partial charge in [0.15, 0.2) is 5.50 Å². The Morgan fingerprint density at radius 2 is 2.29 bits per heavy atom. The van der Waals surface area contributed by atoms with Crippen LogP contribution in [0, 0.1) is 0 Å². The van der Waals surface area contributed by atoms with Crippen molar-refractivity contribution < 1.29 is 14.6 Å². The van der Waals surface area contributed by atoms with Gasteiger partial charge in [0.05, 0.1) is 24.7 Å². The zero-order chi connectivity index (χ0) is 16.7. The fraction of sp³-hybridized carbons (Fsp3) is 0.125. The van der Waals surface area contributed by atoms with Crippen molar-refractivity contribution >= 4 is 29.0 Å². The smallest absolute Gasteiger partial charge is 0.273 e. The van der Waals surface area contributed by atoms with Gasteiger partial charge in [-0.05, 0) is 24.3 Å². The average molecular weight is 342 g/mol. The molecule has 0 saturated carbocycles. The summed E-state index contributed by atoms with van der Waals surface area (Å²) in [6.45, 7) is 0. The molecule has 3 heterocycles. The molecule has 0 aliphatic carbocycles. The van der Waals surface area contributed by atoms with Gasteiger partial charge in [-0.1, -0.05) is 11.8 Å². The lowest BCUT2D eigenvalue weighted by atomic mass is 10.3. The standard InChI is InChI=1S/C16H14N4O3S/c1-23-14-5-2-9(7-17-14)18-15(22)11-8-20-12-4-3-10(21)6-13(12)24-16(20)19-11/h2-8,16,19,21H,1H3,(H,18,22). The first kappa shape index (κ1) is 14.7. The van der Waals surface area contributed by atoms with E-state index in [2.05, 4.69) is 15.6 Å². The van der Waals surface area contributed by atoms with Crippen LogP contribution >= 0.6 is 11.8 Å². The zero-order valence-electron chi connectivity index (χ0n) is 12.7. The van der Waals surface area contributed by atoms with Gasteiger partial charge in [0.1, 0.15) is 11.4 Å². The second kappa shape index (κ2) is 5.64. The number of carbonyl (C=O) groups is 1. The molecule has 0 spiro atoms. The maximum atomic E-state index is 12.4. The summed E-state index contributed by atoms with van der Waals surface area (Å²) in [7, 11) is 1.54. The molecule has 7 nitrogen and oxygen atoms in total. The number of hydrogen-bond donors (Lipinski definition) is 3. The largest absolute Gasteiger partial charge is 0.508 e. The quantitative estimate of drug-likeness (QED) is 0.787. The van der Waals surface area contributed by atoms with E-state index in [0.717, 1.165) is 10.6 Å². The van der Waals surface area contributed by atoms with E-state index in [0.29, 0.717) is 17.3 Å². The second-order valence-electron chi connectivity index (χ2n) is 5.26. The Kier molecular flexibility index (Phi) is 3.46. The lowest BCUT2D eigenvalue weighted by Crippen LogP contribution is -2.31. The van der Waals surface area contributed by atoms with Crippen LogP contribution in [0.2, 0.25) is 0 Å². The minimum absolute atomic E-state index is 0.0865. The summed E-state index contributed by atoms with van der Waals surface area (Å²) in [6.07, 6.45) is 3.31. The number of phenolic OH excluding ortho intramolecular Hbond substituents is 1. The first-order valence-electron chi connectivity index (χ1n) is 7.22. The Labute approximate surface area is 142 Å². The third-order valence-corrected chi connectivity index (χ3v) is 4.86. The van der Waals surface area contributed by atoms with Crippen molar-refractivity contribution in [3.8, 4) is 11.6 Å². The van der Waals surface area contributed by atoms with Gasteiger partial charge in [0.25, 0.3) is 5.91 Å². The number of hydrogen-bond acceptors (Lipinski definition) is 7. The summed E-state index contributed by atoms with van der Waals surface area (Å²) in [5.41, 5.74) is 1.94. The molecule has 8 heteroatoms. The predicted molar refractivity (Wildman–Crippen MR) is 90.9 cm³/mol. The summed E-state index contributed by atoms with van der Waals surface area (Å²) in [5, 5.41) is 15.5. The molecule has 0 radical (unpaired) electrons. The number of carbonyl (C=O) groups excluding carboxylic acids is 1. The van der Waals surface area contributed by atoms with Gasteiger partial charge in [0, 0.05) is 17.2 Å². The molecule has 0 bridgehead atoms. The van der Waals surface area contributed by atoms with Crippen molar-refractivity contribution in [1.29, 1.82) is 0 Å². The van der Waals surface area contributed by atoms with Crippen molar-refractivity contribution in [1.82, 2.24) is 10.3 Å². The van der Waals surface area contributed by atoms with E-state index < -0.39 is 0 Å². The van der Waals surface area contributed by atoms with Crippen LogP contribution in [0.1, 0.15) is 0 Å². The topological polar surface area (TPSA) is 86.7 Å². The third-order valence-electron chi connectivity index (χ3n) is 3.71. The Balaban J connectivity index is 1.50. The van der Waals surface area contributed by atoms with Gasteiger partial charge >= 0.3 is 0 Å². The molecule has 1 aromatic heterocycles. The molecule has 4 rings (SSSR count). The molecule has 2 aromatic rings. The minimum Gasteiger partial charge on any atom is -0.508 e. The number of amides is 1. The molecule has 2 aliphatic rings. The highest BCUT2D eigenvalue weighted by Crippen LogP contribution is 2.46. The number of ether oxygens (including phenoxy) is 1. The van der Waals surface area contributed by atoms with Gasteiger partial charge in [0.2, 0.25) is 5.88 Å². The fourth-order valence-electron chi connectivity index (χ4n) is 2.56. The predicted octanol–water partition coefficient (Wildman–Crippen LogP) is 2.07. The Hall–Kier alpha value is -2.87. The Bertz CT molecular complexity index is 838. The van der Waals surface area contributed by atoms with Gasteiger partial charge in [-0.2, -0.15) is 0 Å². The highest BCUT2D eigenvalue weighted by Gasteiger charge is 2.36. The van der Waals surface area contributed by atoms with Crippen molar-refractivity contribution in [2.24, 2.45) is 0 Å². The average Bonchev–Trinajstić information content (AvgIpc) is 3.12. The lowest BCUT2D eigenvalue weighted by molar-refractivity contribution is -0.113. The molecular formula is C16H14N4O3S. The van der Waals surface area contributed by atoms with Crippen LogP contribution in [-0.2, 0) is 4.79 Å². The van der Waals surface area contributed by atoms with Crippen LogP contribution in [0.4, 0.5) is 11.4 Å². The summed E-state index contributed by atoms with van der Waals surface area (Å²) >= 11 is 1.55. The van der Waals surface area contributed by atoms with Crippen molar-refractivity contribution in [3.05, 3.63) is 48.4 Å². The monoisotopic (exact) mass is 342 g/mol. The molecule has 0 fully saturated rings. The van der Waals surface area contributed by atoms with E-state index in [-0.39, 0.29) is 17.2 Å². The van der Waals surface area contributed by atoms with E-state index in [1.54, 1.807) is 48.4 Å². The number of rotatable bonds is 3. The molecule has 3 N–H and O–H groups in total. The van der Waals surface area contributed by atoms with Crippen molar-refractivity contribution in [3.63, 3.8) is 0 Å². The number of nitrogens with one attached hydrogen (secondary N) is 2. The number of anilines is 2. The van der Waals surface area contributed by atoms with Gasteiger partial charge < -0.3 is 25.4 Å². The summed E-state index contributed by atoms with van der Waals surface area (Å²) in [5.74, 6) is 0.483. The molecule has 122 valence electrons. The first-order valence-corrected chi connectivity index (χ1v) is 8.10. The number of benzene rings is 1. The van der Waals surface area contributed by atoms with Crippen LogP contribution < -0.4 is 20.3 Å². The van der Waals surface area contributed by atoms with E-state index in [1.165, 1.54) is 7.11 Å². The van der Waals surface area contributed by atoms with Crippen LogP contribution in [-0.4, -0.2) is 28.6 Å². The maximum Gasteiger partial charge on any atom is 0.273 e. The molecule has 1 amide bonds. The number of thioether (sulfide) groups is 1. The molecule has 24 heavy (non-hydrogen) atoms. The van der Waals surface area contributed by atoms with Crippen molar-refractivity contribution in [2.75, 3.05) is 17.3 Å². The highest BCUT2D eigenvalue weighted by atomic mass is 32.2. The van der Waals surface area contributed by atoms with Gasteiger partial charge in [-0.25, -0.2) is 4.98 Å². The van der Waals surface area contributed by atoms with E-state index in [4.69, 9.17) is 4.74 Å². The minimum atomic E-state index is -0.239. The number of phenols is 1. The van der Waals surface area contributed by atoms with Gasteiger partial charge in [-0.3, -0.25) is 4.79 Å². The number of aromatic nitrogens is 1. The van der Waals surface area contributed by atoms with E-state index in [9.17, 15) is 9.90 Å². The number of pyridine rings is 1. The molecule has 0 saturated heterocycles. The highest BCUT2D eigenvalue weighted by molar-refractivity contribution is 8.00. The maximum absolute atomic E-state index is 12.4. The molecular weight excluding hydrogens is 328 g/mol. The van der Waals surface area contributed by atoms with Crippen LogP contribution in [0.15, 0.2) is 53.3 Å². The lowest BCUT2D eigenvalue weighted by Gasteiger charge is -2.15.